The molecule has 1 atom stereocenters. The molecule has 0 saturated heterocycles. The predicted octanol–water partition coefficient (Wildman–Crippen LogP) is 4.18. The van der Waals surface area contributed by atoms with Crippen LogP contribution in [0.5, 0.6) is 0 Å². The van der Waals surface area contributed by atoms with Crippen LogP contribution in [0, 0.1) is 0 Å². The molecule has 0 N–H and O–H groups in total. The SMILES string of the molecule is O=C(C1CCCc2sccc21)N(CCCCl)C1CCC1. The average molecular weight is 312 g/mol. The lowest BCUT2D eigenvalue weighted by Gasteiger charge is -2.40. The largest absolute Gasteiger partial charge is 0.339 e. The normalized spacial score (nSPS) is 22.1. The highest BCUT2D eigenvalue weighted by Gasteiger charge is 2.35. The van der Waals surface area contributed by atoms with Crippen LogP contribution in [0.4, 0.5) is 0 Å². The van der Waals surface area contributed by atoms with E-state index in [2.05, 4.69) is 16.3 Å². The Balaban J connectivity index is 1.76. The van der Waals surface area contributed by atoms with Gasteiger partial charge in [0.2, 0.25) is 5.91 Å². The van der Waals surface area contributed by atoms with Gasteiger partial charge in [-0.25, -0.2) is 0 Å². The third kappa shape index (κ3) is 2.75. The maximum absolute atomic E-state index is 13.0. The first-order chi connectivity index (χ1) is 9.81. The van der Waals surface area contributed by atoms with E-state index in [0.717, 1.165) is 32.2 Å². The van der Waals surface area contributed by atoms with Crippen molar-refractivity contribution in [3.05, 3.63) is 21.9 Å². The standard InChI is InChI=1S/C16H22ClNOS/c17-9-3-10-18(12-4-1-5-12)16(19)14-6-2-7-15-13(14)8-11-20-15/h8,11-12,14H,1-7,9-10H2. The zero-order valence-corrected chi connectivity index (χ0v) is 13.4. The van der Waals surface area contributed by atoms with Crippen molar-refractivity contribution in [1.29, 1.82) is 0 Å². The van der Waals surface area contributed by atoms with Crippen LogP contribution in [-0.2, 0) is 11.2 Å². The molecule has 1 saturated carbocycles. The zero-order chi connectivity index (χ0) is 13.9. The van der Waals surface area contributed by atoms with Crippen LogP contribution in [0.2, 0.25) is 0 Å². The first-order valence-electron chi connectivity index (χ1n) is 7.74. The molecule has 110 valence electrons. The van der Waals surface area contributed by atoms with Gasteiger partial charge in [-0.2, -0.15) is 0 Å². The van der Waals surface area contributed by atoms with E-state index in [1.165, 1.54) is 29.7 Å². The number of amides is 1. The maximum Gasteiger partial charge on any atom is 0.230 e. The van der Waals surface area contributed by atoms with Crippen molar-refractivity contribution >= 4 is 28.8 Å². The minimum absolute atomic E-state index is 0.112. The smallest absolute Gasteiger partial charge is 0.230 e. The quantitative estimate of drug-likeness (QED) is 0.747. The third-order valence-electron chi connectivity index (χ3n) is 4.68. The molecule has 3 rings (SSSR count). The molecule has 1 amide bonds. The predicted molar refractivity (Wildman–Crippen MR) is 84.7 cm³/mol. The number of alkyl halides is 1. The first-order valence-corrected chi connectivity index (χ1v) is 9.15. The van der Waals surface area contributed by atoms with E-state index in [4.69, 9.17) is 11.6 Å². The third-order valence-corrected chi connectivity index (χ3v) is 5.94. The number of nitrogens with zero attached hydrogens (tertiary/aromatic N) is 1. The Hall–Kier alpha value is -0.540. The van der Waals surface area contributed by atoms with Crippen molar-refractivity contribution in [2.75, 3.05) is 12.4 Å². The van der Waals surface area contributed by atoms with Gasteiger partial charge in [-0.05, 0) is 62.0 Å². The van der Waals surface area contributed by atoms with Gasteiger partial charge in [-0.1, -0.05) is 0 Å². The molecule has 4 heteroatoms. The minimum Gasteiger partial charge on any atom is -0.339 e. The molecule has 2 aliphatic rings. The lowest BCUT2D eigenvalue weighted by Crippen LogP contribution is -2.47. The number of aryl methyl sites for hydroxylation is 1. The maximum atomic E-state index is 13.0. The fourth-order valence-electron chi connectivity index (χ4n) is 3.34. The van der Waals surface area contributed by atoms with Crippen LogP contribution >= 0.6 is 22.9 Å². The lowest BCUT2D eigenvalue weighted by molar-refractivity contribution is -0.137. The Bertz CT molecular complexity index is 469. The average Bonchev–Trinajstić information content (AvgIpc) is 2.88. The van der Waals surface area contributed by atoms with Gasteiger partial charge in [0.25, 0.3) is 0 Å². The number of thiophene rings is 1. The van der Waals surface area contributed by atoms with E-state index in [-0.39, 0.29) is 5.92 Å². The molecule has 2 aliphatic carbocycles. The van der Waals surface area contributed by atoms with Gasteiger partial charge in [0.15, 0.2) is 0 Å². The summed E-state index contributed by atoms with van der Waals surface area (Å²) in [6, 6.07) is 2.65. The number of hydrogen-bond donors (Lipinski definition) is 0. The molecule has 0 spiro atoms. The molecule has 1 fully saturated rings. The van der Waals surface area contributed by atoms with Crippen LogP contribution in [-0.4, -0.2) is 29.3 Å². The molecule has 1 aromatic rings. The van der Waals surface area contributed by atoms with Gasteiger partial charge in [-0.3, -0.25) is 4.79 Å². The van der Waals surface area contributed by atoms with Gasteiger partial charge in [0.05, 0.1) is 5.92 Å². The molecule has 1 aromatic heterocycles. The van der Waals surface area contributed by atoms with Gasteiger partial charge < -0.3 is 4.90 Å². The second-order valence-corrected chi connectivity index (χ2v) is 7.28. The van der Waals surface area contributed by atoms with Gasteiger partial charge in [-0.15, -0.1) is 22.9 Å². The number of hydrogen-bond acceptors (Lipinski definition) is 2. The van der Waals surface area contributed by atoms with Gasteiger partial charge in [0, 0.05) is 23.3 Å². The number of fused-ring (bicyclic) bond motifs is 1. The number of carbonyl (C=O) groups excluding carboxylic acids is 1. The number of rotatable bonds is 5. The van der Waals surface area contributed by atoms with Crippen molar-refractivity contribution in [1.82, 2.24) is 4.90 Å². The van der Waals surface area contributed by atoms with E-state index in [1.54, 1.807) is 0 Å². The number of carbonyl (C=O) groups is 1. The molecule has 1 unspecified atom stereocenters. The van der Waals surface area contributed by atoms with Crippen molar-refractivity contribution in [3.8, 4) is 0 Å². The van der Waals surface area contributed by atoms with Crippen LogP contribution < -0.4 is 0 Å². The number of halogens is 1. The van der Waals surface area contributed by atoms with Crippen LogP contribution in [0.25, 0.3) is 0 Å². The second kappa shape index (κ2) is 6.48. The Morgan fingerprint density at radius 1 is 1.35 bits per heavy atom. The first kappa shape index (κ1) is 14.4. The summed E-state index contributed by atoms with van der Waals surface area (Å²) in [4.78, 5) is 16.6. The van der Waals surface area contributed by atoms with Crippen molar-refractivity contribution in [3.63, 3.8) is 0 Å². The Morgan fingerprint density at radius 2 is 2.20 bits per heavy atom. The van der Waals surface area contributed by atoms with Crippen molar-refractivity contribution < 1.29 is 4.79 Å². The lowest BCUT2D eigenvalue weighted by atomic mass is 9.84. The highest BCUT2D eigenvalue weighted by Crippen LogP contribution is 2.37. The summed E-state index contributed by atoms with van der Waals surface area (Å²) in [5, 5.41) is 2.14. The zero-order valence-electron chi connectivity index (χ0n) is 11.8. The highest BCUT2D eigenvalue weighted by molar-refractivity contribution is 7.10. The van der Waals surface area contributed by atoms with E-state index in [1.807, 2.05) is 11.3 Å². The Labute approximate surface area is 130 Å². The summed E-state index contributed by atoms with van der Waals surface area (Å²) in [5.41, 5.74) is 1.31. The molecule has 0 bridgehead atoms. The Kier molecular flexibility index (Phi) is 4.67. The molecular weight excluding hydrogens is 290 g/mol. The second-order valence-electron chi connectivity index (χ2n) is 5.90. The van der Waals surface area contributed by atoms with Crippen LogP contribution in [0.1, 0.15) is 54.9 Å². The van der Waals surface area contributed by atoms with Gasteiger partial charge in [0.1, 0.15) is 0 Å². The molecule has 0 radical (unpaired) electrons. The summed E-state index contributed by atoms with van der Waals surface area (Å²) < 4.78 is 0. The summed E-state index contributed by atoms with van der Waals surface area (Å²) in [6.45, 7) is 0.836. The van der Waals surface area contributed by atoms with E-state index in [0.29, 0.717) is 17.8 Å². The van der Waals surface area contributed by atoms with Crippen LogP contribution in [0.3, 0.4) is 0 Å². The summed E-state index contributed by atoms with van der Waals surface area (Å²) >= 11 is 7.64. The molecule has 0 aromatic carbocycles. The molecule has 20 heavy (non-hydrogen) atoms. The molecule has 0 aliphatic heterocycles. The monoisotopic (exact) mass is 311 g/mol. The summed E-state index contributed by atoms with van der Waals surface area (Å²) in [7, 11) is 0. The molecule has 1 heterocycles. The summed E-state index contributed by atoms with van der Waals surface area (Å²) in [6.07, 6.45) is 7.86. The fourth-order valence-corrected chi connectivity index (χ4v) is 4.45. The van der Waals surface area contributed by atoms with Crippen molar-refractivity contribution in [2.24, 2.45) is 0 Å². The van der Waals surface area contributed by atoms with E-state index >= 15 is 0 Å². The van der Waals surface area contributed by atoms with Crippen LogP contribution in [0.15, 0.2) is 11.4 Å². The fraction of sp³-hybridized carbons (Fsp3) is 0.688. The van der Waals surface area contributed by atoms with Gasteiger partial charge >= 0.3 is 0 Å². The highest BCUT2D eigenvalue weighted by atomic mass is 35.5. The molecular formula is C16H22ClNOS. The molecule has 2 nitrogen and oxygen atoms in total. The Morgan fingerprint density at radius 3 is 2.90 bits per heavy atom. The summed E-state index contributed by atoms with van der Waals surface area (Å²) in [5.74, 6) is 1.12. The minimum atomic E-state index is 0.112. The van der Waals surface area contributed by atoms with E-state index in [9.17, 15) is 4.79 Å². The van der Waals surface area contributed by atoms with E-state index < -0.39 is 0 Å². The van der Waals surface area contributed by atoms with Crippen molar-refractivity contribution in [2.45, 2.75) is 56.9 Å². The topological polar surface area (TPSA) is 20.3 Å².